The highest BCUT2D eigenvalue weighted by atomic mass is 16.4. The lowest BCUT2D eigenvalue weighted by Crippen LogP contribution is -2.31. The standard InChI is InChI=1S/C9H11NO3/c11-8(5-6-9(12)13)10-7-3-1-2-4-7/h1-2,5-7H,3-4H2,(H,10,11)(H,12,13)/b6-5-. The summed E-state index contributed by atoms with van der Waals surface area (Å²) in [5.41, 5.74) is 0. The Morgan fingerprint density at radius 3 is 2.46 bits per heavy atom. The van der Waals surface area contributed by atoms with Gasteiger partial charge in [-0.25, -0.2) is 4.79 Å². The van der Waals surface area contributed by atoms with E-state index in [1.807, 2.05) is 12.2 Å². The molecule has 0 aromatic heterocycles. The fourth-order valence-electron chi connectivity index (χ4n) is 1.13. The second kappa shape index (κ2) is 4.45. The van der Waals surface area contributed by atoms with E-state index in [0.29, 0.717) is 0 Å². The van der Waals surface area contributed by atoms with Crippen molar-refractivity contribution in [2.45, 2.75) is 18.9 Å². The minimum atomic E-state index is -1.11. The SMILES string of the molecule is O=C(O)/C=C\C(=O)NC1CC=CC1. The molecule has 4 nitrogen and oxygen atoms in total. The van der Waals surface area contributed by atoms with Gasteiger partial charge in [0.1, 0.15) is 0 Å². The Morgan fingerprint density at radius 1 is 1.31 bits per heavy atom. The van der Waals surface area contributed by atoms with Gasteiger partial charge < -0.3 is 10.4 Å². The molecule has 0 aromatic rings. The van der Waals surface area contributed by atoms with Crippen LogP contribution in [0, 0.1) is 0 Å². The average Bonchev–Trinajstić information content (AvgIpc) is 2.53. The molecule has 1 aliphatic carbocycles. The van der Waals surface area contributed by atoms with Crippen molar-refractivity contribution in [3.05, 3.63) is 24.3 Å². The van der Waals surface area contributed by atoms with Crippen molar-refractivity contribution >= 4 is 11.9 Å². The van der Waals surface area contributed by atoms with E-state index in [2.05, 4.69) is 5.32 Å². The van der Waals surface area contributed by atoms with E-state index in [9.17, 15) is 9.59 Å². The van der Waals surface area contributed by atoms with E-state index in [-0.39, 0.29) is 11.9 Å². The van der Waals surface area contributed by atoms with Crippen molar-refractivity contribution in [3.8, 4) is 0 Å². The van der Waals surface area contributed by atoms with Crippen LogP contribution in [0.25, 0.3) is 0 Å². The highest BCUT2D eigenvalue weighted by Gasteiger charge is 2.10. The summed E-state index contributed by atoms with van der Waals surface area (Å²) < 4.78 is 0. The fourth-order valence-corrected chi connectivity index (χ4v) is 1.13. The van der Waals surface area contributed by atoms with E-state index in [0.717, 1.165) is 25.0 Å². The second-order valence-electron chi connectivity index (χ2n) is 2.82. The third-order valence-corrected chi connectivity index (χ3v) is 1.73. The normalized spacial score (nSPS) is 16.6. The third kappa shape index (κ3) is 3.55. The maximum atomic E-state index is 11.0. The molecule has 0 unspecified atom stereocenters. The zero-order valence-electron chi connectivity index (χ0n) is 7.06. The minimum Gasteiger partial charge on any atom is -0.478 e. The van der Waals surface area contributed by atoms with Gasteiger partial charge >= 0.3 is 5.97 Å². The zero-order valence-corrected chi connectivity index (χ0v) is 7.06. The highest BCUT2D eigenvalue weighted by molar-refractivity contribution is 5.94. The van der Waals surface area contributed by atoms with Crippen molar-refractivity contribution in [1.82, 2.24) is 5.32 Å². The van der Waals surface area contributed by atoms with Gasteiger partial charge in [0, 0.05) is 18.2 Å². The number of amides is 1. The van der Waals surface area contributed by atoms with Crippen molar-refractivity contribution in [2.24, 2.45) is 0 Å². The topological polar surface area (TPSA) is 66.4 Å². The number of hydrogen-bond donors (Lipinski definition) is 2. The summed E-state index contributed by atoms with van der Waals surface area (Å²) in [6, 6.07) is 0.131. The quantitative estimate of drug-likeness (QED) is 0.491. The molecule has 4 heteroatoms. The van der Waals surface area contributed by atoms with Gasteiger partial charge in [-0.2, -0.15) is 0 Å². The van der Waals surface area contributed by atoms with Crippen LogP contribution in [0.5, 0.6) is 0 Å². The number of rotatable bonds is 3. The van der Waals surface area contributed by atoms with Crippen LogP contribution in [0.4, 0.5) is 0 Å². The first-order valence-corrected chi connectivity index (χ1v) is 4.05. The molecule has 0 saturated heterocycles. The molecule has 0 fully saturated rings. The third-order valence-electron chi connectivity index (χ3n) is 1.73. The molecule has 0 spiro atoms. The minimum absolute atomic E-state index is 0.131. The molecular formula is C9H11NO3. The first-order valence-electron chi connectivity index (χ1n) is 4.05. The molecule has 0 radical (unpaired) electrons. The van der Waals surface area contributed by atoms with Crippen LogP contribution in [-0.4, -0.2) is 23.0 Å². The molecule has 0 aliphatic heterocycles. The predicted octanol–water partition coefficient (Wildman–Crippen LogP) is 0.462. The van der Waals surface area contributed by atoms with Crippen LogP contribution in [0.1, 0.15) is 12.8 Å². The summed E-state index contributed by atoms with van der Waals surface area (Å²) in [4.78, 5) is 21.1. The number of carboxylic acid groups (broad SMARTS) is 1. The lowest BCUT2D eigenvalue weighted by atomic mass is 10.2. The van der Waals surface area contributed by atoms with Crippen LogP contribution in [0.2, 0.25) is 0 Å². The number of carbonyl (C=O) groups excluding carboxylic acids is 1. The number of hydrogen-bond acceptors (Lipinski definition) is 2. The number of nitrogens with one attached hydrogen (secondary N) is 1. The Labute approximate surface area is 75.9 Å². The van der Waals surface area contributed by atoms with Crippen LogP contribution < -0.4 is 5.32 Å². The number of carboxylic acids is 1. The van der Waals surface area contributed by atoms with Crippen LogP contribution in [0.3, 0.4) is 0 Å². The Hall–Kier alpha value is -1.58. The Morgan fingerprint density at radius 2 is 1.92 bits per heavy atom. The first-order chi connectivity index (χ1) is 6.18. The molecule has 0 aromatic carbocycles. The first kappa shape index (κ1) is 9.51. The highest BCUT2D eigenvalue weighted by Crippen LogP contribution is 2.08. The van der Waals surface area contributed by atoms with E-state index < -0.39 is 5.97 Å². The van der Waals surface area contributed by atoms with Crippen LogP contribution in [0.15, 0.2) is 24.3 Å². The molecule has 0 bridgehead atoms. The number of carbonyl (C=O) groups is 2. The maximum Gasteiger partial charge on any atom is 0.328 e. The van der Waals surface area contributed by atoms with Crippen molar-refractivity contribution in [1.29, 1.82) is 0 Å². The molecule has 0 saturated carbocycles. The summed E-state index contributed by atoms with van der Waals surface area (Å²) in [7, 11) is 0. The van der Waals surface area contributed by atoms with E-state index in [1.165, 1.54) is 0 Å². The lowest BCUT2D eigenvalue weighted by Gasteiger charge is -2.08. The van der Waals surface area contributed by atoms with Gasteiger partial charge in [-0.1, -0.05) is 12.2 Å². The predicted molar refractivity (Wildman–Crippen MR) is 47.1 cm³/mol. The zero-order chi connectivity index (χ0) is 9.68. The maximum absolute atomic E-state index is 11.0. The average molecular weight is 181 g/mol. The Kier molecular flexibility index (Phi) is 3.25. The molecular weight excluding hydrogens is 170 g/mol. The molecule has 70 valence electrons. The van der Waals surface area contributed by atoms with Gasteiger partial charge in [0.25, 0.3) is 0 Å². The fraction of sp³-hybridized carbons (Fsp3) is 0.333. The number of aliphatic carboxylic acids is 1. The molecule has 1 aliphatic rings. The second-order valence-corrected chi connectivity index (χ2v) is 2.82. The molecule has 13 heavy (non-hydrogen) atoms. The summed E-state index contributed by atoms with van der Waals surface area (Å²) in [6.07, 6.45) is 7.50. The van der Waals surface area contributed by atoms with E-state index >= 15 is 0 Å². The molecule has 1 rings (SSSR count). The van der Waals surface area contributed by atoms with Crippen LogP contribution in [-0.2, 0) is 9.59 Å². The molecule has 0 heterocycles. The smallest absolute Gasteiger partial charge is 0.328 e. The van der Waals surface area contributed by atoms with Crippen LogP contribution >= 0.6 is 0 Å². The van der Waals surface area contributed by atoms with Gasteiger partial charge in [0.2, 0.25) is 5.91 Å². The lowest BCUT2D eigenvalue weighted by molar-refractivity contribution is -0.131. The van der Waals surface area contributed by atoms with Gasteiger partial charge in [0.05, 0.1) is 0 Å². The summed E-state index contributed by atoms with van der Waals surface area (Å²) in [6.45, 7) is 0. The summed E-state index contributed by atoms with van der Waals surface area (Å²) >= 11 is 0. The van der Waals surface area contributed by atoms with Gasteiger partial charge in [0.15, 0.2) is 0 Å². The van der Waals surface area contributed by atoms with Crippen molar-refractivity contribution in [3.63, 3.8) is 0 Å². The summed E-state index contributed by atoms with van der Waals surface area (Å²) in [5.74, 6) is -1.46. The Bertz CT molecular complexity index is 260. The summed E-state index contributed by atoms with van der Waals surface area (Å²) in [5, 5.41) is 10.9. The largest absolute Gasteiger partial charge is 0.478 e. The van der Waals surface area contributed by atoms with Gasteiger partial charge in [-0.05, 0) is 12.8 Å². The Balaban J connectivity index is 2.29. The van der Waals surface area contributed by atoms with E-state index in [4.69, 9.17) is 5.11 Å². The van der Waals surface area contributed by atoms with Gasteiger partial charge in [-0.3, -0.25) is 4.79 Å². The van der Waals surface area contributed by atoms with Crippen molar-refractivity contribution in [2.75, 3.05) is 0 Å². The van der Waals surface area contributed by atoms with E-state index in [1.54, 1.807) is 0 Å². The monoisotopic (exact) mass is 181 g/mol. The molecule has 0 atom stereocenters. The molecule has 2 N–H and O–H groups in total. The van der Waals surface area contributed by atoms with Crippen molar-refractivity contribution < 1.29 is 14.7 Å². The molecule has 1 amide bonds. The van der Waals surface area contributed by atoms with Gasteiger partial charge in [-0.15, -0.1) is 0 Å².